The molecule has 1 aromatic carbocycles. The Bertz CT molecular complexity index is 351. The molecule has 1 atom stereocenters. The van der Waals surface area contributed by atoms with Gasteiger partial charge in [0.2, 0.25) is 0 Å². The van der Waals surface area contributed by atoms with Crippen molar-refractivity contribution < 1.29 is 9.47 Å². The molecule has 3 nitrogen and oxygen atoms in total. The van der Waals surface area contributed by atoms with E-state index in [4.69, 9.17) is 15.2 Å². The summed E-state index contributed by atoms with van der Waals surface area (Å²) in [5.41, 5.74) is 6.63. The van der Waals surface area contributed by atoms with E-state index in [1.165, 1.54) is 12.8 Å². The highest BCUT2D eigenvalue weighted by Crippen LogP contribution is 2.23. The van der Waals surface area contributed by atoms with Crippen molar-refractivity contribution in [1.82, 2.24) is 0 Å². The summed E-state index contributed by atoms with van der Waals surface area (Å²) in [6.07, 6.45) is 6.08. The number of para-hydroxylation sites is 1. The molecule has 2 aliphatic heterocycles. The zero-order chi connectivity index (χ0) is 11.2. The Balaban J connectivity index is 0.000000162. The van der Waals surface area contributed by atoms with Crippen LogP contribution in [0.15, 0.2) is 30.3 Å². The third-order valence-corrected chi connectivity index (χ3v) is 2.47. The van der Waals surface area contributed by atoms with Gasteiger partial charge < -0.3 is 9.47 Å². The zero-order valence-corrected chi connectivity index (χ0v) is 9.26. The predicted molar refractivity (Wildman–Crippen MR) is 64.1 cm³/mol. The van der Waals surface area contributed by atoms with Crippen molar-refractivity contribution in [2.75, 3.05) is 13.2 Å². The second kappa shape index (κ2) is 5.68. The van der Waals surface area contributed by atoms with Gasteiger partial charge in [-0.1, -0.05) is 24.3 Å². The fourth-order valence-corrected chi connectivity index (χ4v) is 1.62. The highest BCUT2D eigenvalue weighted by atomic mass is 16.5. The van der Waals surface area contributed by atoms with Crippen LogP contribution in [0.25, 0.3) is 6.08 Å². The fourth-order valence-electron chi connectivity index (χ4n) is 1.62. The summed E-state index contributed by atoms with van der Waals surface area (Å²) in [6.45, 7) is 2.00. The summed E-state index contributed by atoms with van der Waals surface area (Å²) in [5, 5.41) is 0. The number of ether oxygens (including phenoxy) is 2. The van der Waals surface area contributed by atoms with Gasteiger partial charge in [-0.05, 0) is 25.0 Å². The zero-order valence-electron chi connectivity index (χ0n) is 9.26. The molecule has 2 N–H and O–H groups in total. The first kappa shape index (κ1) is 11.2. The van der Waals surface area contributed by atoms with E-state index >= 15 is 0 Å². The maximum Gasteiger partial charge on any atom is 0.167 e. The normalized spacial score (nSPS) is 21.7. The van der Waals surface area contributed by atoms with Gasteiger partial charge in [0, 0.05) is 18.8 Å². The van der Waals surface area contributed by atoms with Crippen LogP contribution in [0, 0.1) is 0 Å². The predicted octanol–water partition coefficient (Wildman–Crippen LogP) is 2.17. The van der Waals surface area contributed by atoms with E-state index in [-0.39, 0.29) is 6.23 Å². The quantitative estimate of drug-likeness (QED) is 0.727. The Labute approximate surface area is 95.9 Å². The summed E-state index contributed by atoms with van der Waals surface area (Å²) in [7, 11) is 0. The summed E-state index contributed by atoms with van der Waals surface area (Å²) in [6, 6.07) is 7.82. The van der Waals surface area contributed by atoms with Crippen LogP contribution in [0.3, 0.4) is 0 Å². The minimum atomic E-state index is -0.287. The van der Waals surface area contributed by atoms with Gasteiger partial charge in [-0.3, -0.25) is 5.73 Å². The topological polar surface area (TPSA) is 44.5 Å². The molecule has 1 saturated heterocycles. The molecule has 3 heteroatoms. The number of fused-ring (bicyclic) bond motifs is 1. The Morgan fingerprint density at radius 3 is 2.56 bits per heavy atom. The van der Waals surface area contributed by atoms with Crippen LogP contribution < -0.4 is 10.5 Å². The molecule has 2 heterocycles. The lowest BCUT2D eigenvalue weighted by molar-refractivity contribution is 0.198. The van der Waals surface area contributed by atoms with E-state index in [1.54, 1.807) is 0 Å². The van der Waals surface area contributed by atoms with Crippen molar-refractivity contribution in [3.8, 4) is 5.75 Å². The van der Waals surface area contributed by atoms with Crippen LogP contribution in [0.2, 0.25) is 0 Å². The molecule has 1 aromatic rings. The van der Waals surface area contributed by atoms with Crippen LogP contribution in [-0.2, 0) is 4.74 Å². The van der Waals surface area contributed by atoms with Crippen molar-refractivity contribution in [2.24, 2.45) is 5.73 Å². The molecule has 0 aliphatic carbocycles. The van der Waals surface area contributed by atoms with Crippen molar-refractivity contribution >= 4 is 6.08 Å². The molecule has 0 spiro atoms. The molecular weight excluding hydrogens is 202 g/mol. The average Bonchev–Trinajstić information content (AvgIpc) is 2.87. The van der Waals surface area contributed by atoms with Gasteiger partial charge in [0.25, 0.3) is 0 Å². The van der Waals surface area contributed by atoms with Crippen LogP contribution >= 0.6 is 0 Å². The summed E-state index contributed by atoms with van der Waals surface area (Å²) >= 11 is 0. The van der Waals surface area contributed by atoms with Gasteiger partial charge in [-0.2, -0.15) is 0 Å². The van der Waals surface area contributed by atoms with Crippen LogP contribution in [-0.4, -0.2) is 19.4 Å². The summed E-state index contributed by atoms with van der Waals surface area (Å²) in [5.74, 6) is 0.863. The minimum absolute atomic E-state index is 0.287. The Kier molecular flexibility index (Phi) is 3.97. The molecule has 1 unspecified atom stereocenters. The third kappa shape index (κ3) is 3.08. The highest BCUT2D eigenvalue weighted by molar-refractivity contribution is 5.59. The number of nitrogens with two attached hydrogens (primary N) is 1. The molecule has 0 radical (unpaired) electrons. The Morgan fingerprint density at radius 2 is 1.88 bits per heavy atom. The summed E-state index contributed by atoms with van der Waals surface area (Å²) < 4.78 is 10.3. The molecular formula is C13H17NO2. The third-order valence-electron chi connectivity index (χ3n) is 2.47. The Morgan fingerprint density at radius 1 is 1.12 bits per heavy atom. The first-order valence-corrected chi connectivity index (χ1v) is 5.63. The maximum absolute atomic E-state index is 5.54. The first-order chi connectivity index (χ1) is 7.86. The van der Waals surface area contributed by atoms with Gasteiger partial charge >= 0.3 is 0 Å². The van der Waals surface area contributed by atoms with Gasteiger partial charge in [0.05, 0.1) is 0 Å². The standard InChI is InChI=1S/C9H9NO.C4H8O/c10-9-6-5-7-3-1-2-4-8(7)11-9;1-2-4-5-3-1/h1-6,9H,10H2;1-4H2. The second-order valence-electron chi connectivity index (χ2n) is 3.80. The molecule has 0 bridgehead atoms. The van der Waals surface area contributed by atoms with Gasteiger partial charge in [0.1, 0.15) is 5.75 Å². The number of hydrogen-bond acceptors (Lipinski definition) is 3. The van der Waals surface area contributed by atoms with Gasteiger partial charge in [-0.25, -0.2) is 0 Å². The SMILES string of the molecule is C1CCOC1.NC1C=Cc2ccccc2O1. The monoisotopic (exact) mass is 219 g/mol. The van der Waals surface area contributed by atoms with E-state index in [0.29, 0.717) is 0 Å². The molecule has 0 amide bonds. The highest BCUT2D eigenvalue weighted by Gasteiger charge is 2.08. The van der Waals surface area contributed by atoms with E-state index in [2.05, 4.69) is 0 Å². The number of hydrogen-bond donors (Lipinski definition) is 1. The molecule has 86 valence electrons. The van der Waals surface area contributed by atoms with E-state index in [9.17, 15) is 0 Å². The summed E-state index contributed by atoms with van der Waals surface area (Å²) in [4.78, 5) is 0. The maximum atomic E-state index is 5.54. The van der Waals surface area contributed by atoms with Crippen LogP contribution in [0.4, 0.5) is 0 Å². The largest absolute Gasteiger partial charge is 0.471 e. The van der Waals surface area contributed by atoms with Crippen LogP contribution in [0.5, 0.6) is 5.75 Å². The minimum Gasteiger partial charge on any atom is -0.471 e. The lowest BCUT2D eigenvalue weighted by atomic mass is 10.1. The number of rotatable bonds is 0. The molecule has 3 rings (SSSR count). The second-order valence-corrected chi connectivity index (χ2v) is 3.80. The van der Waals surface area contributed by atoms with E-state index in [0.717, 1.165) is 24.5 Å². The average molecular weight is 219 g/mol. The molecule has 16 heavy (non-hydrogen) atoms. The van der Waals surface area contributed by atoms with E-state index < -0.39 is 0 Å². The number of benzene rings is 1. The van der Waals surface area contributed by atoms with Gasteiger partial charge in [-0.15, -0.1) is 0 Å². The fraction of sp³-hybridized carbons (Fsp3) is 0.385. The lowest BCUT2D eigenvalue weighted by Gasteiger charge is -2.17. The van der Waals surface area contributed by atoms with Crippen LogP contribution in [0.1, 0.15) is 18.4 Å². The lowest BCUT2D eigenvalue weighted by Crippen LogP contribution is -2.26. The van der Waals surface area contributed by atoms with Crippen molar-refractivity contribution in [2.45, 2.75) is 19.1 Å². The molecule has 0 saturated carbocycles. The molecule has 1 fully saturated rings. The Hall–Kier alpha value is -1.32. The molecule has 2 aliphatic rings. The van der Waals surface area contributed by atoms with Gasteiger partial charge in [0.15, 0.2) is 6.23 Å². The van der Waals surface area contributed by atoms with E-state index in [1.807, 2.05) is 36.4 Å². The molecule has 0 aromatic heterocycles. The van der Waals surface area contributed by atoms with Crippen molar-refractivity contribution in [3.05, 3.63) is 35.9 Å². The smallest absolute Gasteiger partial charge is 0.167 e. The van der Waals surface area contributed by atoms with Crippen molar-refractivity contribution in [1.29, 1.82) is 0 Å². The first-order valence-electron chi connectivity index (χ1n) is 5.63. The van der Waals surface area contributed by atoms with Crippen molar-refractivity contribution in [3.63, 3.8) is 0 Å².